The van der Waals surface area contributed by atoms with Crippen molar-refractivity contribution in [1.29, 1.82) is 0 Å². The van der Waals surface area contributed by atoms with Crippen LogP contribution in [0, 0.1) is 0 Å². The molecule has 1 unspecified atom stereocenters. The SMILES string of the molecule is C=CCc1cccc(Cl)c1OCC(O)CCl. The lowest BCUT2D eigenvalue weighted by Gasteiger charge is -2.14. The van der Waals surface area contributed by atoms with Crippen LogP contribution in [0.15, 0.2) is 30.9 Å². The summed E-state index contributed by atoms with van der Waals surface area (Å²) in [5.74, 6) is 0.731. The largest absolute Gasteiger partial charge is 0.489 e. The summed E-state index contributed by atoms with van der Waals surface area (Å²) >= 11 is 11.5. The van der Waals surface area contributed by atoms with Gasteiger partial charge in [0.25, 0.3) is 0 Å². The molecule has 1 atom stereocenters. The highest BCUT2D eigenvalue weighted by Crippen LogP contribution is 2.29. The van der Waals surface area contributed by atoms with E-state index >= 15 is 0 Å². The minimum absolute atomic E-state index is 0.136. The average Bonchev–Trinajstić information content (AvgIpc) is 2.28. The predicted octanol–water partition coefficient (Wildman–Crippen LogP) is 3.05. The summed E-state index contributed by atoms with van der Waals surface area (Å²) in [7, 11) is 0. The van der Waals surface area contributed by atoms with Gasteiger partial charge in [0, 0.05) is 0 Å². The standard InChI is InChI=1S/C12H14Cl2O2/c1-2-4-9-5-3-6-11(14)12(9)16-8-10(15)7-13/h2-3,5-6,10,15H,1,4,7-8H2. The highest BCUT2D eigenvalue weighted by molar-refractivity contribution is 6.32. The number of aliphatic hydroxyl groups is 1. The molecule has 0 saturated carbocycles. The van der Waals surface area contributed by atoms with Crippen LogP contribution in [0.25, 0.3) is 0 Å². The smallest absolute Gasteiger partial charge is 0.141 e. The van der Waals surface area contributed by atoms with E-state index in [1.807, 2.05) is 12.1 Å². The number of hydrogen-bond acceptors (Lipinski definition) is 2. The third kappa shape index (κ3) is 3.71. The maximum atomic E-state index is 9.31. The maximum absolute atomic E-state index is 9.31. The molecule has 4 heteroatoms. The molecule has 0 saturated heterocycles. The van der Waals surface area contributed by atoms with E-state index in [2.05, 4.69) is 6.58 Å². The Morgan fingerprint density at radius 3 is 2.88 bits per heavy atom. The van der Waals surface area contributed by atoms with Gasteiger partial charge in [-0.3, -0.25) is 0 Å². The van der Waals surface area contributed by atoms with Gasteiger partial charge in [0.15, 0.2) is 0 Å². The van der Waals surface area contributed by atoms with E-state index in [9.17, 15) is 5.11 Å². The molecule has 0 aliphatic heterocycles. The Kier molecular flexibility index (Phi) is 5.67. The Labute approximate surface area is 105 Å². The van der Waals surface area contributed by atoms with Gasteiger partial charge < -0.3 is 9.84 Å². The highest BCUT2D eigenvalue weighted by Gasteiger charge is 2.09. The molecule has 2 nitrogen and oxygen atoms in total. The second kappa shape index (κ2) is 6.79. The molecular formula is C12H14Cl2O2. The second-order valence-electron chi connectivity index (χ2n) is 3.34. The molecule has 0 amide bonds. The van der Waals surface area contributed by atoms with E-state index in [-0.39, 0.29) is 12.5 Å². The molecule has 0 aromatic heterocycles. The monoisotopic (exact) mass is 260 g/mol. The first-order valence-corrected chi connectivity index (χ1v) is 5.85. The number of hydrogen-bond donors (Lipinski definition) is 1. The minimum Gasteiger partial charge on any atom is -0.489 e. The molecule has 0 bridgehead atoms. The molecule has 0 fully saturated rings. The third-order valence-corrected chi connectivity index (χ3v) is 2.66. The first-order valence-electron chi connectivity index (χ1n) is 4.94. The molecule has 1 aromatic carbocycles. The predicted molar refractivity (Wildman–Crippen MR) is 67.6 cm³/mol. The molecule has 0 aliphatic rings. The topological polar surface area (TPSA) is 29.5 Å². The first kappa shape index (κ1) is 13.4. The van der Waals surface area contributed by atoms with Gasteiger partial charge in [-0.1, -0.05) is 29.8 Å². The molecule has 0 spiro atoms. The fourth-order valence-electron chi connectivity index (χ4n) is 1.26. The van der Waals surface area contributed by atoms with Gasteiger partial charge >= 0.3 is 0 Å². The number of allylic oxidation sites excluding steroid dienone is 1. The van der Waals surface area contributed by atoms with Gasteiger partial charge in [-0.25, -0.2) is 0 Å². The summed E-state index contributed by atoms with van der Waals surface area (Å²) in [6.07, 6.45) is 1.76. The summed E-state index contributed by atoms with van der Waals surface area (Å²) in [5, 5.41) is 9.84. The number of alkyl halides is 1. The summed E-state index contributed by atoms with van der Waals surface area (Å²) in [6.45, 7) is 3.81. The van der Waals surface area contributed by atoms with E-state index in [1.54, 1.807) is 12.1 Å². The molecule has 1 rings (SSSR count). The quantitative estimate of drug-likeness (QED) is 0.630. The number of ether oxygens (including phenoxy) is 1. The first-order chi connectivity index (χ1) is 7.69. The summed E-state index contributed by atoms with van der Waals surface area (Å²) in [5.41, 5.74) is 0.948. The minimum atomic E-state index is -0.686. The average molecular weight is 261 g/mol. The molecule has 88 valence electrons. The molecule has 0 radical (unpaired) electrons. The van der Waals surface area contributed by atoms with E-state index in [0.29, 0.717) is 17.2 Å². The van der Waals surface area contributed by atoms with E-state index in [1.165, 1.54) is 0 Å². The van der Waals surface area contributed by atoms with Crippen molar-refractivity contribution in [3.63, 3.8) is 0 Å². The van der Waals surface area contributed by atoms with Crippen molar-refractivity contribution < 1.29 is 9.84 Å². The van der Waals surface area contributed by atoms with Crippen LogP contribution in [-0.2, 0) is 6.42 Å². The van der Waals surface area contributed by atoms with E-state index < -0.39 is 6.10 Å². The fraction of sp³-hybridized carbons (Fsp3) is 0.333. The summed E-state index contributed by atoms with van der Waals surface area (Å²) in [6, 6.07) is 5.51. The Balaban J connectivity index is 2.79. The van der Waals surface area contributed by atoms with Crippen molar-refractivity contribution >= 4 is 23.2 Å². The zero-order valence-corrected chi connectivity index (χ0v) is 10.3. The van der Waals surface area contributed by atoms with Gasteiger partial charge in [0.05, 0.1) is 10.9 Å². The Morgan fingerprint density at radius 1 is 1.50 bits per heavy atom. The second-order valence-corrected chi connectivity index (χ2v) is 4.06. The van der Waals surface area contributed by atoms with Gasteiger partial charge in [-0.2, -0.15) is 0 Å². The zero-order chi connectivity index (χ0) is 12.0. The number of aliphatic hydroxyl groups excluding tert-OH is 1. The fourth-order valence-corrected chi connectivity index (χ4v) is 1.59. The van der Waals surface area contributed by atoms with Crippen molar-refractivity contribution in [3.05, 3.63) is 41.4 Å². The van der Waals surface area contributed by atoms with Gasteiger partial charge in [0.2, 0.25) is 0 Å². The molecule has 0 heterocycles. The number of para-hydroxylation sites is 1. The molecular weight excluding hydrogens is 247 g/mol. The van der Waals surface area contributed by atoms with Gasteiger partial charge in [0.1, 0.15) is 18.5 Å². The lowest BCUT2D eigenvalue weighted by atomic mass is 10.1. The van der Waals surface area contributed by atoms with E-state index in [0.717, 1.165) is 5.56 Å². The van der Waals surface area contributed by atoms with Gasteiger partial charge in [-0.05, 0) is 18.1 Å². The van der Waals surface area contributed by atoms with Crippen LogP contribution in [0.3, 0.4) is 0 Å². The van der Waals surface area contributed by atoms with Crippen LogP contribution in [0.5, 0.6) is 5.75 Å². The van der Waals surface area contributed by atoms with E-state index in [4.69, 9.17) is 27.9 Å². The number of benzene rings is 1. The summed E-state index contributed by atoms with van der Waals surface area (Å²) < 4.78 is 5.46. The Hall–Kier alpha value is -0.700. The van der Waals surface area contributed by atoms with Crippen LogP contribution < -0.4 is 4.74 Å². The van der Waals surface area contributed by atoms with Crippen molar-refractivity contribution in [1.82, 2.24) is 0 Å². The van der Waals surface area contributed by atoms with Crippen molar-refractivity contribution in [3.8, 4) is 5.75 Å². The van der Waals surface area contributed by atoms with Crippen LogP contribution in [-0.4, -0.2) is 23.7 Å². The van der Waals surface area contributed by atoms with Crippen molar-refractivity contribution in [2.24, 2.45) is 0 Å². The summed E-state index contributed by atoms with van der Waals surface area (Å²) in [4.78, 5) is 0. The Morgan fingerprint density at radius 2 is 2.25 bits per heavy atom. The molecule has 1 N–H and O–H groups in total. The lowest BCUT2D eigenvalue weighted by Crippen LogP contribution is -2.19. The molecule has 0 aliphatic carbocycles. The highest BCUT2D eigenvalue weighted by atomic mass is 35.5. The normalized spacial score (nSPS) is 12.2. The number of halogens is 2. The third-order valence-electron chi connectivity index (χ3n) is 2.01. The Bertz CT molecular complexity index is 353. The van der Waals surface area contributed by atoms with Crippen LogP contribution in [0.2, 0.25) is 5.02 Å². The zero-order valence-electron chi connectivity index (χ0n) is 8.83. The van der Waals surface area contributed by atoms with Crippen molar-refractivity contribution in [2.75, 3.05) is 12.5 Å². The van der Waals surface area contributed by atoms with Crippen LogP contribution >= 0.6 is 23.2 Å². The van der Waals surface area contributed by atoms with Crippen LogP contribution in [0.4, 0.5) is 0 Å². The number of rotatable bonds is 6. The maximum Gasteiger partial charge on any atom is 0.141 e. The van der Waals surface area contributed by atoms with Crippen molar-refractivity contribution in [2.45, 2.75) is 12.5 Å². The van der Waals surface area contributed by atoms with Gasteiger partial charge in [-0.15, -0.1) is 18.2 Å². The molecule has 1 aromatic rings. The molecule has 16 heavy (non-hydrogen) atoms. The van der Waals surface area contributed by atoms with Crippen LogP contribution in [0.1, 0.15) is 5.56 Å². The lowest BCUT2D eigenvalue weighted by molar-refractivity contribution is 0.125.